The van der Waals surface area contributed by atoms with Crippen LogP contribution in [0.15, 0.2) is 6.07 Å². The molecule has 0 unspecified atom stereocenters. The standard InChI is InChI=1S/C9H6F6O3/c10-8(11,12)4-1-3(2-16)6(17)5(7(4)18)9(13,14)15/h1,16-18H,2H2. The van der Waals surface area contributed by atoms with E-state index in [-0.39, 0.29) is 6.07 Å². The van der Waals surface area contributed by atoms with Gasteiger partial charge in [-0.1, -0.05) is 0 Å². The highest BCUT2D eigenvalue weighted by atomic mass is 19.4. The molecule has 0 aliphatic carbocycles. The van der Waals surface area contributed by atoms with Crippen molar-refractivity contribution in [2.75, 3.05) is 0 Å². The van der Waals surface area contributed by atoms with Crippen LogP contribution in [0.1, 0.15) is 16.7 Å². The van der Waals surface area contributed by atoms with Crippen LogP contribution in [0.4, 0.5) is 26.3 Å². The first-order chi connectivity index (χ1) is 8.00. The monoisotopic (exact) mass is 276 g/mol. The summed E-state index contributed by atoms with van der Waals surface area (Å²) < 4.78 is 74.4. The predicted octanol–water partition coefficient (Wildman–Crippen LogP) is 2.63. The van der Waals surface area contributed by atoms with Crippen LogP contribution in [-0.4, -0.2) is 15.3 Å². The number of rotatable bonds is 1. The lowest BCUT2D eigenvalue weighted by Gasteiger charge is -2.18. The van der Waals surface area contributed by atoms with Crippen LogP contribution in [0, 0.1) is 0 Å². The zero-order valence-electron chi connectivity index (χ0n) is 8.39. The van der Waals surface area contributed by atoms with Gasteiger partial charge in [-0.25, -0.2) is 0 Å². The predicted molar refractivity (Wildman–Crippen MR) is 45.7 cm³/mol. The molecule has 0 aliphatic heterocycles. The molecule has 0 amide bonds. The average molecular weight is 276 g/mol. The van der Waals surface area contributed by atoms with Crippen LogP contribution in [-0.2, 0) is 19.0 Å². The Balaban J connectivity index is 3.71. The molecule has 0 atom stereocenters. The van der Waals surface area contributed by atoms with E-state index in [1.807, 2.05) is 0 Å². The summed E-state index contributed by atoms with van der Waals surface area (Å²) in [5.74, 6) is -3.75. The van der Waals surface area contributed by atoms with Gasteiger partial charge in [0.05, 0.1) is 12.2 Å². The lowest BCUT2D eigenvalue weighted by Crippen LogP contribution is -2.13. The molecular weight excluding hydrogens is 270 g/mol. The van der Waals surface area contributed by atoms with Gasteiger partial charge >= 0.3 is 12.4 Å². The Hall–Kier alpha value is -1.64. The van der Waals surface area contributed by atoms with E-state index < -0.39 is 47.1 Å². The van der Waals surface area contributed by atoms with E-state index in [1.54, 1.807) is 0 Å². The first-order valence-electron chi connectivity index (χ1n) is 4.33. The normalized spacial score (nSPS) is 12.8. The van der Waals surface area contributed by atoms with Gasteiger partial charge in [0.2, 0.25) is 0 Å². The molecule has 0 bridgehead atoms. The van der Waals surface area contributed by atoms with Crippen molar-refractivity contribution in [2.24, 2.45) is 0 Å². The molecular formula is C9H6F6O3. The Kier molecular flexibility index (Phi) is 3.39. The van der Waals surface area contributed by atoms with Crippen LogP contribution < -0.4 is 0 Å². The van der Waals surface area contributed by atoms with Crippen molar-refractivity contribution < 1.29 is 41.7 Å². The third-order valence-corrected chi connectivity index (χ3v) is 2.11. The highest BCUT2D eigenvalue weighted by Crippen LogP contribution is 2.49. The zero-order chi connectivity index (χ0) is 14.3. The van der Waals surface area contributed by atoms with Gasteiger partial charge < -0.3 is 15.3 Å². The van der Waals surface area contributed by atoms with Gasteiger partial charge in [0, 0.05) is 5.56 Å². The van der Waals surface area contributed by atoms with Crippen molar-refractivity contribution in [3.63, 3.8) is 0 Å². The smallest absolute Gasteiger partial charge is 0.423 e. The number of hydrogen-bond acceptors (Lipinski definition) is 3. The van der Waals surface area contributed by atoms with Crippen molar-refractivity contribution in [2.45, 2.75) is 19.0 Å². The number of aliphatic hydroxyl groups is 1. The molecule has 1 aromatic rings. The molecule has 0 saturated carbocycles. The largest absolute Gasteiger partial charge is 0.507 e. The summed E-state index contributed by atoms with van der Waals surface area (Å²) in [6.07, 6.45) is -10.6. The lowest BCUT2D eigenvalue weighted by atomic mass is 10.0. The molecule has 0 aromatic heterocycles. The Morgan fingerprint density at radius 1 is 0.889 bits per heavy atom. The molecule has 0 saturated heterocycles. The average Bonchev–Trinajstić information content (AvgIpc) is 2.13. The molecule has 0 heterocycles. The van der Waals surface area contributed by atoms with Crippen LogP contribution in [0.5, 0.6) is 11.5 Å². The molecule has 0 fully saturated rings. The molecule has 0 radical (unpaired) electrons. The molecule has 0 aliphatic rings. The number of aromatic hydroxyl groups is 2. The Morgan fingerprint density at radius 3 is 1.72 bits per heavy atom. The topological polar surface area (TPSA) is 60.7 Å². The second-order valence-corrected chi connectivity index (χ2v) is 3.31. The van der Waals surface area contributed by atoms with Crippen molar-refractivity contribution in [1.82, 2.24) is 0 Å². The SMILES string of the molecule is OCc1cc(C(F)(F)F)c(O)c(C(F)(F)F)c1O. The maximum Gasteiger partial charge on any atom is 0.423 e. The number of benzene rings is 1. The summed E-state index contributed by atoms with van der Waals surface area (Å²) in [4.78, 5) is 0. The number of phenols is 2. The molecule has 1 rings (SSSR count). The van der Waals surface area contributed by atoms with Gasteiger partial charge in [0.25, 0.3) is 0 Å². The maximum absolute atomic E-state index is 12.4. The summed E-state index contributed by atoms with van der Waals surface area (Å²) in [7, 11) is 0. The molecule has 0 spiro atoms. The van der Waals surface area contributed by atoms with Crippen molar-refractivity contribution >= 4 is 0 Å². The third-order valence-electron chi connectivity index (χ3n) is 2.11. The van der Waals surface area contributed by atoms with Crippen molar-refractivity contribution in [3.8, 4) is 11.5 Å². The fourth-order valence-corrected chi connectivity index (χ4v) is 1.32. The number of phenolic OH excluding ortho intramolecular Hbond substituents is 1. The second kappa shape index (κ2) is 4.23. The first kappa shape index (κ1) is 14.4. The Bertz CT molecular complexity index is 463. The minimum atomic E-state index is -5.39. The van der Waals surface area contributed by atoms with E-state index in [4.69, 9.17) is 15.3 Å². The quantitative estimate of drug-likeness (QED) is 0.691. The highest BCUT2D eigenvalue weighted by Gasteiger charge is 2.44. The van der Waals surface area contributed by atoms with E-state index in [1.165, 1.54) is 0 Å². The summed E-state index contributed by atoms with van der Waals surface area (Å²) in [5, 5.41) is 26.7. The summed E-state index contributed by atoms with van der Waals surface area (Å²) in [6.45, 7) is -1.24. The lowest BCUT2D eigenvalue weighted by molar-refractivity contribution is -0.146. The third kappa shape index (κ3) is 2.45. The number of alkyl halides is 6. The van der Waals surface area contributed by atoms with Crippen LogP contribution in [0.25, 0.3) is 0 Å². The van der Waals surface area contributed by atoms with E-state index in [9.17, 15) is 26.3 Å². The molecule has 1 aromatic carbocycles. The van der Waals surface area contributed by atoms with Gasteiger partial charge in [-0.15, -0.1) is 0 Å². The van der Waals surface area contributed by atoms with Gasteiger partial charge in [-0.3, -0.25) is 0 Å². The van der Waals surface area contributed by atoms with Crippen molar-refractivity contribution in [3.05, 3.63) is 22.8 Å². The van der Waals surface area contributed by atoms with E-state index in [0.717, 1.165) is 0 Å². The number of hydrogen-bond donors (Lipinski definition) is 3. The molecule has 18 heavy (non-hydrogen) atoms. The van der Waals surface area contributed by atoms with Crippen LogP contribution >= 0.6 is 0 Å². The van der Waals surface area contributed by atoms with E-state index in [2.05, 4.69) is 0 Å². The number of aliphatic hydroxyl groups excluding tert-OH is 1. The molecule has 9 heteroatoms. The van der Waals surface area contributed by atoms with Gasteiger partial charge in [-0.2, -0.15) is 26.3 Å². The minimum Gasteiger partial charge on any atom is -0.507 e. The molecule has 3 N–H and O–H groups in total. The number of halogens is 6. The van der Waals surface area contributed by atoms with Crippen LogP contribution in [0.2, 0.25) is 0 Å². The fourth-order valence-electron chi connectivity index (χ4n) is 1.32. The summed E-state index contributed by atoms with van der Waals surface area (Å²) >= 11 is 0. The van der Waals surface area contributed by atoms with Gasteiger partial charge in [-0.05, 0) is 6.07 Å². The summed E-state index contributed by atoms with van der Waals surface area (Å²) in [5.41, 5.74) is -5.18. The fraction of sp³-hybridized carbons (Fsp3) is 0.333. The van der Waals surface area contributed by atoms with Gasteiger partial charge in [0.1, 0.15) is 17.1 Å². The van der Waals surface area contributed by atoms with E-state index >= 15 is 0 Å². The van der Waals surface area contributed by atoms with Crippen LogP contribution in [0.3, 0.4) is 0 Å². The van der Waals surface area contributed by atoms with E-state index in [0.29, 0.717) is 0 Å². The van der Waals surface area contributed by atoms with Crippen molar-refractivity contribution in [1.29, 1.82) is 0 Å². The second-order valence-electron chi connectivity index (χ2n) is 3.31. The maximum atomic E-state index is 12.4. The summed E-state index contributed by atoms with van der Waals surface area (Å²) in [6, 6.07) is 0.0555. The molecule has 102 valence electrons. The van der Waals surface area contributed by atoms with Gasteiger partial charge in [0.15, 0.2) is 0 Å². The minimum absolute atomic E-state index is 0.0555. The Labute approximate surface area is 95.9 Å². The zero-order valence-corrected chi connectivity index (χ0v) is 8.39. The molecule has 3 nitrogen and oxygen atoms in total. The first-order valence-corrected chi connectivity index (χ1v) is 4.33. The Morgan fingerprint density at radius 2 is 1.39 bits per heavy atom. The highest BCUT2D eigenvalue weighted by molar-refractivity contribution is 5.55.